The molecule has 0 aromatic rings. The lowest BCUT2D eigenvalue weighted by atomic mass is 9.65. The molecule has 306 valence electrons. The van der Waals surface area contributed by atoms with Crippen LogP contribution in [-0.4, -0.2) is 105 Å². The summed E-state index contributed by atoms with van der Waals surface area (Å²) in [6.07, 6.45) is 8.56. The Bertz CT molecular complexity index is 1420. The average Bonchev–Trinajstić information content (AvgIpc) is 3.02. The minimum Gasteiger partial charge on any atom is -0.380 e. The van der Waals surface area contributed by atoms with Gasteiger partial charge in [-0.05, 0) is 72.1 Å². The van der Waals surface area contributed by atoms with Crippen LogP contribution in [0.1, 0.15) is 113 Å². The van der Waals surface area contributed by atoms with Gasteiger partial charge < -0.3 is 23.7 Å². The van der Waals surface area contributed by atoms with Gasteiger partial charge in [-0.3, -0.25) is 0 Å². The van der Waals surface area contributed by atoms with E-state index in [1.54, 1.807) is 0 Å². The van der Waals surface area contributed by atoms with Crippen molar-refractivity contribution in [2.45, 2.75) is 142 Å². The standard InChI is InChI=1S/C38H70O11S3/c1-12-50(39,40)25-22-45-30-32(28-36(6,7)49-33-20-18-16-15-17-19-21-33)37(8,9)38(10,11)48-31-34(46-23-26-51(41,42)13-2)29-35(4,5)47-24-27-52(43,44)14-3/h12-14,32-34H,1-3,15-31H2,4-11H3. The summed E-state index contributed by atoms with van der Waals surface area (Å²) < 4.78 is 104. The molecule has 0 radical (unpaired) electrons. The molecule has 0 heterocycles. The van der Waals surface area contributed by atoms with Gasteiger partial charge in [0.05, 0.1) is 79.3 Å². The number of hydrogen-bond acceptors (Lipinski definition) is 11. The molecule has 11 nitrogen and oxygen atoms in total. The first-order valence-electron chi connectivity index (χ1n) is 18.5. The predicted molar refractivity (Wildman–Crippen MR) is 210 cm³/mol. The molecule has 1 aliphatic rings. The lowest BCUT2D eigenvalue weighted by Gasteiger charge is -2.49. The number of sulfone groups is 3. The molecular formula is C38H70O11S3. The molecule has 0 saturated heterocycles. The van der Waals surface area contributed by atoms with Gasteiger partial charge >= 0.3 is 0 Å². The molecule has 1 saturated carbocycles. The molecule has 0 N–H and O–H groups in total. The van der Waals surface area contributed by atoms with E-state index >= 15 is 0 Å². The Morgan fingerprint density at radius 1 is 0.615 bits per heavy atom. The van der Waals surface area contributed by atoms with E-state index in [1.165, 1.54) is 19.3 Å². The Morgan fingerprint density at radius 3 is 1.62 bits per heavy atom. The minimum absolute atomic E-state index is 0.0266. The number of rotatable bonds is 27. The second-order valence-corrected chi connectivity index (χ2v) is 22.5. The van der Waals surface area contributed by atoms with Gasteiger partial charge in [0.2, 0.25) is 0 Å². The van der Waals surface area contributed by atoms with Gasteiger partial charge in [0, 0.05) is 22.6 Å². The fourth-order valence-electron chi connectivity index (χ4n) is 6.32. The van der Waals surface area contributed by atoms with Gasteiger partial charge in [-0.15, -0.1) is 0 Å². The zero-order valence-corrected chi connectivity index (χ0v) is 35.8. The monoisotopic (exact) mass is 798 g/mol. The van der Waals surface area contributed by atoms with E-state index in [9.17, 15) is 25.3 Å². The molecule has 2 atom stereocenters. The van der Waals surface area contributed by atoms with E-state index in [2.05, 4.69) is 47.4 Å². The van der Waals surface area contributed by atoms with Crippen molar-refractivity contribution in [1.29, 1.82) is 0 Å². The first-order chi connectivity index (χ1) is 23.8. The van der Waals surface area contributed by atoms with Crippen molar-refractivity contribution in [3.8, 4) is 0 Å². The van der Waals surface area contributed by atoms with Gasteiger partial charge in [0.15, 0.2) is 29.5 Å². The zero-order chi connectivity index (χ0) is 39.9. The highest BCUT2D eigenvalue weighted by Gasteiger charge is 2.47. The lowest BCUT2D eigenvalue weighted by Crippen LogP contribution is -2.51. The third-order valence-electron chi connectivity index (χ3n) is 10.4. The van der Waals surface area contributed by atoms with E-state index in [1.807, 2.05) is 27.7 Å². The van der Waals surface area contributed by atoms with Crippen molar-refractivity contribution in [2.24, 2.45) is 11.3 Å². The van der Waals surface area contributed by atoms with Crippen molar-refractivity contribution in [2.75, 3.05) is 50.3 Å². The smallest absolute Gasteiger partial charge is 0.173 e. The van der Waals surface area contributed by atoms with Crippen molar-refractivity contribution >= 4 is 29.5 Å². The highest BCUT2D eigenvalue weighted by molar-refractivity contribution is 7.94. The molecule has 52 heavy (non-hydrogen) atoms. The second kappa shape index (κ2) is 21.2. The molecule has 1 aliphatic carbocycles. The number of ether oxygens (including phenoxy) is 5. The molecule has 1 rings (SSSR count). The van der Waals surface area contributed by atoms with Crippen LogP contribution in [0.3, 0.4) is 0 Å². The van der Waals surface area contributed by atoms with Gasteiger partial charge in [0.1, 0.15) is 0 Å². The van der Waals surface area contributed by atoms with Crippen LogP contribution in [0.25, 0.3) is 0 Å². The maximum absolute atomic E-state index is 12.1. The molecule has 2 unspecified atom stereocenters. The van der Waals surface area contributed by atoms with Crippen molar-refractivity contribution < 1.29 is 48.9 Å². The van der Waals surface area contributed by atoms with E-state index in [0.717, 1.165) is 41.9 Å². The van der Waals surface area contributed by atoms with E-state index in [4.69, 9.17) is 23.7 Å². The summed E-state index contributed by atoms with van der Waals surface area (Å²) in [6.45, 7) is 26.4. The molecule has 0 aromatic heterocycles. The predicted octanol–water partition coefficient (Wildman–Crippen LogP) is 6.98. The van der Waals surface area contributed by atoms with Crippen LogP contribution in [0.2, 0.25) is 0 Å². The third kappa shape index (κ3) is 19.0. The Balaban J connectivity index is 3.25. The Morgan fingerprint density at radius 2 is 1.10 bits per heavy atom. The normalized spacial score (nSPS) is 17.5. The molecular weight excluding hydrogens is 729 g/mol. The first kappa shape index (κ1) is 48.9. The number of hydrogen-bond donors (Lipinski definition) is 0. The third-order valence-corrected chi connectivity index (χ3v) is 14.1. The molecule has 0 aromatic carbocycles. The summed E-state index contributed by atoms with van der Waals surface area (Å²) in [7, 11) is -10.4. The molecule has 0 bridgehead atoms. The second-order valence-electron chi connectivity index (χ2n) is 16.3. The fourth-order valence-corrected chi connectivity index (χ4v) is 7.81. The summed E-state index contributed by atoms with van der Waals surface area (Å²) in [6, 6.07) is 0. The molecule has 0 spiro atoms. The highest BCUT2D eigenvalue weighted by Crippen LogP contribution is 2.45. The van der Waals surface area contributed by atoms with Crippen LogP contribution in [0.5, 0.6) is 0 Å². The van der Waals surface area contributed by atoms with E-state index in [0.29, 0.717) is 12.8 Å². The summed E-state index contributed by atoms with van der Waals surface area (Å²) in [5.41, 5.74) is -2.67. The topological polar surface area (TPSA) is 149 Å². The zero-order valence-electron chi connectivity index (χ0n) is 33.3. The maximum Gasteiger partial charge on any atom is 0.173 e. The van der Waals surface area contributed by atoms with E-state index in [-0.39, 0.29) is 62.3 Å². The van der Waals surface area contributed by atoms with E-state index < -0.39 is 57.8 Å². The molecule has 1 fully saturated rings. The molecule has 0 amide bonds. The summed E-state index contributed by atoms with van der Waals surface area (Å²) in [5, 5.41) is 2.75. The maximum atomic E-state index is 12.1. The quantitative estimate of drug-likeness (QED) is 0.0793. The van der Waals surface area contributed by atoms with Gasteiger partial charge in [-0.25, -0.2) is 25.3 Å². The first-order valence-corrected chi connectivity index (χ1v) is 23.7. The minimum atomic E-state index is -3.50. The Hall–Kier alpha value is -1.13. The Labute approximate surface area is 317 Å². The highest BCUT2D eigenvalue weighted by atomic mass is 32.2. The van der Waals surface area contributed by atoms with Crippen molar-refractivity contribution in [3.63, 3.8) is 0 Å². The van der Waals surface area contributed by atoms with Gasteiger partial charge in [0.25, 0.3) is 0 Å². The van der Waals surface area contributed by atoms with Gasteiger partial charge in [-0.1, -0.05) is 65.7 Å². The van der Waals surface area contributed by atoms with Crippen molar-refractivity contribution in [1.82, 2.24) is 0 Å². The molecule has 0 aliphatic heterocycles. The summed E-state index contributed by atoms with van der Waals surface area (Å²) in [4.78, 5) is 0. The fraction of sp³-hybridized carbons (Fsp3) is 0.842. The van der Waals surface area contributed by atoms with Crippen molar-refractivity contribution in [3.05, 3.63) is 36.0 Å². The lowest BCUT2D eigenvalue weighted by molar-refractivity contribution is -0.175. The van der Waals surface area contributed by atoms with Crippen LogP contribution in [0.15, 0.2) is 36.0 Å². The largest absolute Gasteiger partial charge is 0.380 e. The molecule has 14 heteroatoms. The van der Waals surface area contributed by atoms with Crippen LogP contribution < -0.4 is 0 Å². The van der Waals surface area contributed by atoms with Crippen LogP contribution in [-0.2, 0) is 53.2 Å². The summed E-state index contributed by atoms with van der Waals surface area (Å²) in [5.74, 6) is -0.757. The van der Waals surface area contributed by atoms with Crippen LogP contribution in [0, 0.1) is 11.3 Å². The summed E-state index contributed by atoms with van der Waals surface area (Å²) >= 11 is 0. The Kier molecular flexibility index (Phi) is 20.0. The van der Waals surface area contributed by atoms with Gasteiger partial charge in [-0.2, -0.15) is 0 Å². The van der Waals surface area contributed by atoms with Crippen LogP contribution in [0.4, 0.5) is 0 Å². The van der Waals surface area contributed by atoms with Crippen LogP contribution >= 0.6 is 0 Å². The SMILES string of the molecule is C=CS(=O)(=O)CCOCC(CC(C)(C)OC1CCCCCCC1)C(C)(C)C(C)(C)OCC(CC(C)(C)OCCS(=O)(=O)C=C)OCCS(=O)(=O)C=C. The average molecular weight is 799 g/mol.